The van der Waals surface area contributed by atoms with Gasteiger partial charge in [0.2, 0.25) is 0 Å². The summed E-state index contributed by atoms with van der Waals surface area (Å²) in [5, 5.41) is 0.438. The Hall–Kier alpha value is -4.37. The summed E-state index contributed by atoms with van der Waals surface area (Å²) >= 11 is 0. The van der Waals surface area contributed by atoms with Gasteiger partial charge in [0.05, 0.1) is 17.4 Å². The second-order valence-electron chi connectivity index (χ2n) is 8.33. The van der Waals surface area contributed by atoms with E-state index in [2.05, 4.69) is 11.8 Å². The predicted molar refractivity (Wildman–Crippen MR) is 134 cm³/mol. The molecule has 1 heterocycles. The van der Waals surface area contributed by atoms with Crippen molar-refractivity contribution in [2.24, 2.45) is 7.05 Å². The molecule has 0 saturated heterocycles. The molecule has 1 aromatic heterocycles. The number of aromatic nitrogens is 2. The van der Waals surface area contributed by atoms with Crippen molar-refractivity contribution in [3.05, 3.63) is 116 Å². The van der Waals surface area contributed by atoms with Crippen molar-refractivity contribution in [3.8, 4) is 11.8 Å². The summed E-state index contributed by atoms with van der Waals surface area (Å²) in [5.41, 5.74) is 2.95. The number of aryl methyl sites for hydroxylation is 1. The highest BCUT2D eigenvalue weighted by Gasteiger charge is 2.13. The van der Waals surface area contributed by atoms with Crippen LogP contribution >= 0.6 is 0 Å². The van der Waals surface area contributed by atoms with E-state index in [0.29, 0.717) is 22.9 Å². The molecule has 0 saturated carbocycles. The van der Waals surface area contributed by atoms with Crippen molar-refractivity contribution in [2.45, 2.75) is 13.0 Å². The quantitative estimate of drug-likeness (QED) is 0.448. The third-order valence-corrected chi connectivity index (χ3v) is 5.67. The molecule has 6 nitrogen and oxygen atoms in total. The summed E-state index contributed by atoms with van der Waals surface area (Å²) in [6.07, 6.45) is 0.614. The maximum absolute atomic E-state index is 13.3. The van der Waals surface area contributed by atoms with Crippen LogP contribution in [0, 0.1) is 11.8 Å². The van der Waals surface area contributed by atoms with Crippen LogP contribution in [0.4, 0.5) is 0 Å². The molecule has 0 unspecified atom stereocenters. The summed E-state index contributed by atoms with van der Waals surface area (Å²) in [6.45, 7) is 0.113. The SMILES string of the molecule is CN(C)C(=O)c1ccc(Cn2c(=O)c3cc(C#CCc4ccccc4)ccc3n(C)c2=O)cc1. The topological polar surface area (TPSA) is 64.3 Å². The Morgan fingerprint density at radius 3 is 2.29 bits per heavy atom. The molecule has 170 valence electrons. The van der Waals surface area contributed by atoms with E-state index in [4.69, 9.17) is 0 Å². The van der Waals surface area contributed by atoms with Crippen LogP contribution in [0.5, 0.6) is 0 Å². The minimum atomic E-state index is -0.395. The van der Waals surface area contributed by atoms with Crippen LogP contribution in [0.1, 0.15) is 27.0 Å². The number of hydrogen-bond donors (Lipinski definition) is 0. The third-order valence-electron chi connectivity index (χ3n) is 5.67. The highest BCUT2D eigenvalue weighted by atomic mass is 16.2. The highest BCUT2D eigenvalue weighted by molar-refractivity contribution is 5.93. The summed E-state index contributed by atoms with van der Waals surface area (Å²) in [4.78, 5) is 39.8. The van der Waals surface area contributed by atoms with E-state index >= 15 is 0 Å². The van der Waals surface area contributed by atoms with E-state index in [1.54, 1.807) is 57.5 Å². The van der Waals surface area contributed by atoms with Crippen LogP contribution < -0.4 is 11.2 Å². The standard InChI is InChI=1S/C28H25N3O3/c1-29(2)26(32)23-15-12-22(13-16-23)19-31-27(33)24-18-21(14-17-25(24)30(3)28(31)34)11-7-10-20-8-5-4-6-9-20/h4-6,8-9,12-18H,10,19H2,1-3H3. The second-order valence-corrected chi connectivity index (χ2v) is 8.33. The van der Waals surface area contributed by atoms with Gasteiger partial charge in [-0.15, -0.1) is 0 Å². The van der Waals surface area contributed by atoms with Crippen molar-refractivity contribution in [1.29, 1.82) is 0 Å². The molecule has 0 aliphatic heterocycles. The number of amides is 1. The zero-order valence-electron chi connectivity index (χ0n) is 19.4. The van der Waals surface area contributed by atoms with Crippen LogP contribution in [0.25, 0.3) is 10.9 Å². The molecule has 0 atom stereocenters. The van der Waals surface area contributed by atoms with Crippen molar-refractivity contribution < 1.29 is 4.79 Å². The van der Waals surface area contributed by atoms with E-state index in [-0.39, 0.29) is 18.0 Å². The van der Waals surface area contributed by atoms with Gasteiger partial charge in [-0.2, -0.15) is 0 Å². The third kappa shape index (κ3) is 4.69. The number of carbonyl (C=O) groups excluding carboxylic acids is 1. The number of carbonyl (C=O) groups is 1. The fraction of sp³-hybridized carbons (Fsp3) is 0.179. The lowest BCUT2D eigenvalue weighted by Gasteiger charge is -2.12. The van der Waals surface area contributed by atoms with Crippen molar-refractivity contribution in [2.75, 3.05) is 14.1 Å². The number of hydrogen-bond acceptors (Lipinski definition) is 3. The van der Waals surface area contributed by atoms with Gasteiger partial charge < -0.3 is 4.90 Å². The lowest BCUT2D eigenvalue weighted by Crippen LogP contribution is -2.39. The number of benzene rings is 3. The first-order valence-corrected chi connectivity index (χ1v) is 10.9. The zero-order chi connectivity index (χ0) is 24.2. The molecule has 0 fully saturated rings. The molecule has 3 aromatic carbocycles. The normalized spacial score (nSPS) is 10.6. The zero-order valence-corrected chi connectivity index (χ0v) is 19.4. The van der Waals surface area contributed by atoms with Gasteiger partial charge in [-0.25, -0.2) is 4.79 Å². The van der Waals surface area contributed by atoms with Crippen LogP contribution in [-0.2, 0) is 20.0 Å². The first kappa shape index (κ1) is 22.8. The van der Waals surface area contributed by atoms with E-state index in [9.17, 15) is 14.4 Å². The Balaban J connectivity index is 1.67. The monoisotopic (exact) mass is 451 g/mol. The maximum Gasteiger partial charge on any atom is 0.331 e. The van der Waals surface area contributed by atoms with Crippen LogP contribution in [0.3, 0.4) is 0 Å². The molecule has 6 heteroatoms. The van der Waals surface area contributed by atoms with E-state index in [1.165, 1.54) is 14.0 Å². The van der Waals surface area contributed by atoms with Gasteiger partial charge in [0.1, 0.15) is 0 Å². The molecule has 0 spiro atoms. The Morgan fingerprint density at radius 2 is 1.62 bits per heavy atom. The number of fused-ring (bicyclic) bond motifs is 1. The van der Waals surface area contributed by atoms with Gasteiger partial charge in [0.25, 0.3) is 11.5 Å². The fourth-order valence-corrected chi connectivity index (χ4v) is 3.77. The average molecular weight is 452 g/mol. The van der Waals surface area contributed by atoms with Gasteiger partial charge in [0, 0.05) is 38.7 Å². The van der Waals surface area contributed by atoms with Gasteiger partial charge in [-0.1, -0.05) is 54.3 Å². The minimum absolute atomic E-state index is 0.105. The molecule has 0 aliphatic carbocycles. The van der Waals surface area contributed by atoms with Gasteiger partial charge in [0.15, 0.2) is 0 Å². The molecular formula is C28H25N3O3. The second kappa shape index (κ2) is 9.63. The molecule has 0 N–H and O–H groups in total. The highest BCUT2D eigenvalue weighted by Crippen LogP contribution is 2.12. The first-order chi connectivity index (χ1) is 16.3. The summed E-state index contributed by atoms with van der Waals surface area (Å²) in [6, 6.07) is 22.2. The molecular weight excluding hydrogens is 426 g/mol. The van der Waals surface area contributed by atoms with E-state index in [0.717, 1.165) is 16.7 Å². The van der Waals surface area contributed by atoms with Crippen LogP contribution in [0.15, 0.2) is 82.4 Å². The fourth-order valence-electron chi connectivity index (χ4n) is 3.77. The Labute approximate surface area is 197 Å². The number of nitrogens with zero attached hydrogens (tertiary/aromatic N) is 3. The lowest BCUT2D eigenvalue weighted by atomic mass is 10.1. The van der Waals surface area contributed by atoms with Gasteiger partial charge in [-0.05, 0) is 41.5 Å². The van der Waals surface area contributed by atoms with E-state index in [1.807, 2.05) is 36.4 Å². The maximum atomic E-state index is 13.3. The van der Waals surface area contributed by atoms with Crippen LogP contribution in [-0.4, -0.2) is 34.0 Å². The molecule has 0 radical (unpaired) electrons. The largest absolute Gasteiger partial charge is 0.345 e. The van der Waals surface area contributed by atoms with Crippen molar-refractivity contribution >= 4 is 16.8 Å². The average Bonchev–Trinajstić information content (AvgIpc) is 2.86. The van der Waals surface area contributed by atoms with Crippen molar-refractivity contribution in [1.82, 2.24) is 14.0 Å². The molecule has 0 bridgehead atoms. The summed E-state index contributed by atoms with van der Waals surface area (Å²) in [5.74, 6) is 6.16. The van der Waals surface area contributed by atoms with Crippen molar-refractivity contribution in [3.63, 3.8) is 0 Å². The molecule has 4 aromatic rings. The Kier molecular flexibility index (Phi) is 6.46. The summed E-state index contributed by atoms with van der Waals surface area (Å²) < 4.78 is 2.69. The van der Waals surface area contributed by atoms with E-state index < -0.39 is 5.69 Å². The first-order valence-electron chi connectivity index (χ1n) is 10.9. The smallest absolute Gasteiger partial charge is 0.331 e. The lowest BCUT2D eigenvalue weighted by molar-refractivity contribution is 0.0827. The Bertz CT molecular complexity index is 1530. The van der Waals surface area contributed by atoms with Gasteiger partial charge >= 0.3 is 5.69 Å². The minimum Gasteiger partial charge on any atom is -0.345 e. The summed E-state index contributed by atoms with van der Waals surface area (Å²) in [7, 11) is 5.03. The molecule has 34 heavy (non-hydrogen) atoms. The Morgan fingerprint density at radius 1 is 0.912 bits per heavy atom. The van der Waals surface area contributed by atoms with Gasteiger partial charge in [-0.3, -0.25) is 18.7 Å². The molecule has 0 aliphatic rings. The predicted octanol–water partition coefficient (Wildman–Crippen LogP) is 3.04. The molecule has 1 amide bonds. The number of rotatable bonds is 4. The molecule has 4 rings (SSSR count). The van der Waals surface area contributed by atoms with Crippen LogP contribution in [0.2, 0.25) is 0 Å².